The lowest BCUT2D eigenvalue weighted by molar-refractivity contribution is -0.934. The highest BCUT2D eigenvalue weighted by Gasteiger charge is 2.27. The summed E-state index contributed by atoms with van der Waals surface area (Å²) in [7, 11) is 3.92. The second-order valence-corrected chi connectivity index (χ2v) is 3.87. The van der Waals surface area contributed by atoms with E-state index in [2.05, 4.69) is 0 Å². The molecule has 0 spiro atoms. The number of aliphatic hydroxyl groups excluding tert-OH is 1. The molecule has 0 amide bonds. The number of rotatable bonds is 3. The number of hydrogen-bond acceptors (Lipinski definition) is 1. The van der Waals surface area contributed by atoms with Crippen molar-refractivity contribution in [2.24, 2.45) is 0 Å². The molecule has 0 aromatic carbocycles. The molecule has 0 saturated carbocycles. The third kappa shape index (κ3) is 4.16. The van der Waals surface area contributed by atoms with Crippen molar-refractivity contribution >= 4 is 11.6 Å². The zero-order valence-corrected chi connectivity index (χ0v) is 9.02. The first-order valence-electron chi connectivity index (χ1n) is 3.56. The Bertz CT molecular complexity index is 107. The van der Waals surface area contributed by atoms with E-state index in [0.717, 1.165) is 6.54 Å². The Morgan fingerprint density at radius 3 is 1.91 bits per heavy atom. The maximum absolute atomic E-state index is 9.49. The number of quaternary nitrogens is 1. The fourth-order valence-electron chi connectivity index (χ4n) is 0.743. The van der Waals surface area contributed by atoms with Crippen LogP contribution >= 0.6 is 11.6 Å². The lowest BCUT2D eigenvalue weighted by Gasteiger charge is -2.34. The van der Waals surface area contributed by atoms with E-state index < -0.39 is 6.23 Å². The van der Waals surface area contributed by atoms with Crippen LogP contribution in [0.2, 0.25) is 0 Å². The molecule has 0 heterocycles. The fraction of sp³-hybridized carbons (Fsp3) is 1.00. The van der Waals surface area contributed by atoms with Gasteiger partial charge < -0.3 is 22.0 Å². The van der Waals surface area contributed by atoms with E-state index in [9.17, 15) is 5.11 Å². The van der Waals surface area contributed by atoms with Crippen LogP contribution in [0.4, 0.5) is 0 Å². The maximum Gasteiger partial charge on any atom is 0.206 e. The zero-order valence-electron chi connectivity index (χ0n) is 7.51. The van der Waals surface area contributed by atoms with Crippen molar-refractivity contribution in [3.8, 4) is 0 Å². The Kier molecular flexibility index (Phi) is 6.64. The minimum absolute atomic E-state index is 0. The summed E-state index contributed by atoms with van der Waals surface area (Å²) in [5.41, 5.74) is 0. The highest BCUT2D eigenvalue weighted by molar-refractivity contribution is 6.20. The molecule has 70 valence electrons. The monoisotopic (exact) mass is 201 g/mol. The highest BCUT2D eigenvalue weighted by atomic mass is 35.5. The Morgan fingerprint density at radius 2 is 1.82 bits per heavy atom. The molecule has 4 heteroatoms. The van der Waals surface area contributed by atoms with Crippen molar-refractivity contribution in [3.05, 3.63) is 0 Å². The molecule has 0 rings (SSSR count). The normalized spacial score (nSPS) is 16.9. The molecule has 2 atom stereocenters. The van der Waals surface area contributed by atoms with Crippen molar-refractivity contribution in [2.75, 3.05) is 20.6 Å². The third-order valence-electron chi connectivity index (χ3n) is 1.94. The van der Waals surface area contributed by atoms with Crippen LogP contribution in [-0.2, 0) is 0 Å². The van der Waals surface area contributed by atoms with Gasteiger partial charge in [0.2, 0.25) is 6.23 Å². The highest BCUT2D eigenvalue weighted by Crippen LogP contribution is 2.11. The second-order valence-electron chi connectivity index (χ2n) is 3.19. The number of aliphatic hydroxyl groups is 1. The smallest absolute Gasteiger partial charge is 0.206 e. The summed E-state index contributed by atoms with van der Waals surface area (Å²) in [5.74, 6) is 0. The first kappa shape index (κ1) is 14.0. The summed E-state index contributed by atoms with van der Waals surface area (Å²) in [5, 5.41) is 9.31. The van der Waals surface area contributed by atoms with Gasteiger partial charge in [0.15, 0.2) is 0 Å². The van der Waals surface area contributed by atoms with Gasteiger partial charge in [0.25, 0.3) is 0 Å². The summed E-state index contributed by atoms with van der Waals surface area (Å²) in [4.78, 5) is 0. The maximum atomic E-state index is 9.49. The van der Waals surface area contributed by atoms with E-state index in [1.807, 2.05) is 27.9 Å². The Hall–Kier alpha value is 0.500. The molecule has 0 aliphatic heterocycles. The van der Waals surface area contributed by atoms with E-state index in [1.54, 1.807) is 0 Å². The fourth-order valence-corrected chi connectivity index (χ4v) is 1.05. The second kappa shape index (κ2) is 5.20. The largest absolute Gasteiger partial charge is 1.00 e. The average molecular weight is 202 g/mol. The molecule has 0 saturated heterocycles. The van der Waals surface area contributed by atoms with E-state index in [1.165, 1.54) is 0 Å². The first-order chi connectivity index (χ1) is 4.41. The van der Waals surface area contributed by atoms with Gasteiger partial charge in [0.1, 0.15) is 5.38 Å². The van der Waals surface area contributed by atoms with Crippen LogP contribution in [0.5, 0.6) is 0 Å². The van der Waals surface area contributed by atoms with Crippen LogP contribution in [-0.4, -0.2) is 41.8 Å². The van der Waals surface area contributed by atoms with Crippen LogP contribution in [0.3, 0.4) is 0 Å². The van der Waals surface area contributed by atoms with Gasteiger partial charge in [-0.25, -0.2) is 0 Å². The summed E-state index contributed by atoms with van der Waals surface area (Å²) in [6.45, 7) is 4.72. The molecule has 2 unspecified atom stereocenters. The molecule has 11 heavy (non-hydrogen) atoms. The summed E-state index contributed by atoms with van der Waals surface area (Å²) in [6, 6.07) is 0. The van der Waals surface area contributed by atoms with Gasteiger partial charge in [-0.2, -0.15) is 0 Å². The lowest BCUT2D eigenvalue weighted by atomic mass is 10.3. The van der Waals surface area contributed by atoms with Crippen molar-refractivity contribution in [1.82, 2.24) is 0 Å². The lowest BCUT2D eigenvalue weighted by Crippen LogP contribution is -3.00. The van der Waals surface area contributed by atoms with Crippen LogP contribution in [0.25, 0.3) is 0 Å². The van der Waals surface area contributed by atoms with Gasteiger partial charge in [0, 0.05) is 0 Å². The SMILES string of the molecule is CC[N+](C)(C)C(O)C(C)Cl.[Cl-]. The molecule has 0 fully saturated rings. The van der Waals surface area contributed by atoms with Crippen LogP contribution < -0.4 is 12.4 Å². The number of hydrogen-bond donors (Lipinski definition) is 1. The van der Waals surface area contributed by atoms with Crippen LogP contribution in [0.1, 0.15) is 13.8 Å². The third-order valence-corrected chi connectivity index (χ3v) is 2.17. The standard InChI is InChI=1S/C7H17ClNO.ClH/c1-5-9(3,4)7(10)6(2)8;/h6-7,10H,5H2,1-4H3;1H/q+1;/p-1. The summed E-state index contributed by atoms with van der Waals surface area (Å²) >= 11 is 5.73. The molecule has 0 aliphatic rings. The minimum Gasteiger partial charge on any atom is -1.00 e. The van der Waals surface area contributed by atoms with E-state index in [-0.39, 0.29) is 17.8 Å². The Labute approximate surface area is 80.1 Å². The summed E-state index contributed by atoms with van der Waals surface area (Å²) < 4.78 is 0.560. The molecule has 2 nitrogen and oxygen atoms in total. The molecule has 0 aromatic rings. The molecule has 1 N–H and O–H groups in total. The predicted octanol–water partition coefficient (Wildman–Crippen LogP) is -1.97. The number of alkyl halides is 1. The zero-order chi connectivity index (χ0) is 8.36. The van der Waals surface area contributed by atoms with E-state index in [0.29, 0.717) is 4.48 Å². The molecule has 0 radical (unpaired) electrons. The van der Waals surface area contributed by atoms with Crippen molar-refractivity contribution in [2.45, 2.75) is 25.5 Å². The van der Waals surface area contributed by atoms with Crippen LogP contribution in [0, 0.1) is 0 Å². The van der Waals surface area contributed by atoms with Gasteiger partial charge in [-0.15, -0.1) is 11.6 Å². The van der Waals surface area contributed by atoms with E-state index in [4.69, 9.17) is 11.6 Å². The van der Waals surface area contributed by atoms with E-state index >= 15 is 0 Å². The van der Waals surface area contributed by atoms with Gasteiger partial charge in [-0.1, -0.05) is 0 Å². The number of nitrogens with zero attached hydrogens (tertiary/aromatic N) is 1. The van der Waals surface area contributed by atoms with Crippen molar-refractivity contribution < 1.29 is 22.0 Å². The molecule has 0 aromatic heterocycles. The predicted molar refractivity (Wildman–Crippen MR) is 44.0 cm³/mol. The first-order valence-corrected chi connectivity index (χ1v) is 4.00. The Balaban J connectivity index is 0. The van der Waals surface area contributed by atoms with Gasteiger partial charge in [-0.3, -0.25) is 0 Å². The average Bonchev–Trinajstić information content (AvgIpc) is 1.86. The molecular weight excluding hydrogens is 185 g/mol. The molecular formula is C7H17Cl2NO. The van der Waals surface area contributed by atoms with Crippen molar-refractivity contribution in [3.63, 3.8) is 0 Å². The van der Waals surface area contributed by atoms with Gasteiger partial charge >= 0.3 is 0 Å². The quantitative estimate of drug-likeness (QED) is 0.320. The van der Waals surface area contributed by atoms with Crippen molar-refractivity contribution in [1.29, 1.82) is 0 Å². The minimum atomic E-state index is -0.466. The Morgan fingerprint density at radius 1 is 1.45 bits per heavy atom. The van der Waals surface area contributed by atoms with Crippen LogP contribution in [0.15, 0.2) is 0 Å². The van der Waals surface area contributed by atoms with Gasteiger partial charge in [0.05, 0.1) is 20.6 Å². The summed E-state index contributed by atoms with van der Waals surface area (Å²) in [6.07, 6.45) is -0.466. The number of halogens is 2. The topological polar surface area (TPSA) is 20.2 Å². The molecule has 0 bridgehead atoms. The molecule has 0 aliphatic carbocycles. The van der Waals surface area contributed by atoms with Gasteiger partial charge in [-0.05, 0) is 13.8 Å².